The number of hydrogen-bond acceptors (Lipinski definition) is 1. The number of nitrogens with one attached hydrogen (secondary N) is 1. The van der Waals surface area contributed by atoms with Gasteiger partial charge in [-0.1, -0.05) is 0 Å². The Kier molecular flexibility index (Phi) is 2.82. The molecule has 0 aromatic heterocycles. The van der Waals surface area contributed by atoms with Gasteiger partial charge in [-0.15, -0.1) is 0 Å². The maximum atomic E-state index is 12.1. The molecule has 0 rings (SSSR count). The molecule has 1 N–H and O–H groups in total. The van der Waals surface area contributed by atoms with E-state index in [4.69, 9.17) is 0 Å². The van der Waals surface area contributed by atoms with Crippen LogP contribution in [0.4, 0.5) is 22.0 Å². The molecule has 0 aromatic rings. The topological polar surface area (TPSA) is 12.0 Å². The van der Waals surface area contributed by atoms with Gasteiger partial charge in [0.2, 0.25) is 0 Å². The van der Waals surface area contributed by atoms with Gasteiger partial charge in [-0.2, -0.15) is 22.0 Å². The Balaban J connectivity index is 4.45. The number of rotatable bonds is 2. The standard InChI is InChI=1S/C5H8F5N/c1-3(11-2)4(6,7)5(8,9)10/h3,11H,1-2H3. The van der Waals surface area contributed by atoms with E-state index in [0.29, 0.717) is 0 Å². The average molecular weight is 177 g/mol. The van der Waals surface area contributed by atoms with Crippen LogP contribution in [0.3, 0.4) is 0 Å². The van der Waals surface area contributed by atoms with Crippen molar-refractivity contribution in [3.05, 3.63) is 0 Å². The van der Waals surface area contributed by atoms with Crippen LogP contribution in [0, 0.1) is 0 Å². The van der Waals surface area contributed by atoms with Gasteiger partial charge in [0.1, 0.15) is 0 Å². The van der Waals surface area contributed by atoms with Crippen LogP contribution in [0.5, 0.6) is 0 Å². The summed E-state index contributed by atoms with van der Waals surface area (Å²) >= 11 is 0. The summed E-state index contributed by atoms with van der Waals surface area (Å²) in [6.07, 6.45) is -5.48. The first-order valence-corrected chi connectivity index (χ1v) is 2.85. The highest BCUT2D eigenvalue weighted by Crippen LogP contribution is 2.37. The first kappa shape index (κ1) is 10.6. The lowest BCUT2D eigenvalue weighted by atomic mass is 10.2. The van der Waals surface area contributed by atoms with Crippen molar-refractivity contribution >= 4 is 0 Å². The minimum Gasteiger partial charge on any atom is -0.312 e. The lowest BCUT2D eigenvalue weighted by Gasteiger charge is -2.25. The Morgan fingerprint density at radius 2 is 1.45 bits per heavy atom. The quantitative estimate of drug-likeness (QED) is 0.634. The second-order valence-corrected chi connectivity index (χ2v) is 2.13. The Hall–Kier alpha value is -0.390. The molecule has 1 nitrogen and oxygen atoms in total. The Morgan fingerprint density at radius 1 is 1.09 bits per heavy atom. The van der Waals surface area contributed by atoms with Crippen LogP contribution in [-0.4, -0.2) is 25.2 Å². The number of hydrogen-bond donors (Lipinski definition) is 1. The van der Waals surface area contributed by atoms with E-state index in [-0.39, 0.29) is 0 Å². The van der Waals surface area contributed by atoms with Crippen LogP contribution in [0.15, 0.2) is 0 Å². The fourth-order valence-corrected chi connectivity index (χ4v) is 0.427. The van der Waals surface area contributed by atoms with E-state index in [2.05, 4.69) is 0 Å². The van der Waals surface area contributed by atoms with E-state index in [1.165, 1.54) is 0 Å². The van der Waals surface area contributed by atoms with Crippen molar-refractivity contribution in [1.29, 1.82) is 0 Å². The van der Waals surface area contributed by atoms with Gasteiger partial charge in [-0.25, -0.2) is 0 Å². The molecule has 0 fully saturated rings. The van der Waals surface area contributed by atoms with Gasteiger partial charge in [0.05, 0.1) is 6.04 Å². The van der Waals surface area contributed by atoms with Gasteiger partial charge in [0, 0.05) is 0 Å². The van der Waals surface area contributed by atoms with E-state index in [9.17, 15) is 22.0 Å². The van der Waals surface area contributed by atoms with Crippen molar-refractivity contribution in [1.82, 2.24) is 5.32 Å². The lowest BCUT2D eigenvalue weighted by Crippen LogP contribution is -2.51. The summed E-state index contributed by atoms with van der Waals surface area (Å²) in [6, 6.07) is -1.90. The zero-order valence-electron chi connectivity index (χ0n) is 5.97. The third kappa shape index (κ3) is 2.02. The molecule has 0 saturated carbocycles. The molecule has 68 valence electrons. The normalized spacial score (nSPS) is 16.6. The fraction of sp³-hybridized carbons (Fsp3) is 1.00. The van der Waals surface area contributed by atoms with E-state index >= 15 is 0 Å². The highest BCUT2D eigenvalue weighted by Gasteiger charge is 2.60. The molecule has 0 aliphatic carbocycles. The molecule has 0 bridgehead atoms. The van der Waals surface area contributed by atoms with Gasteiger partial charge in [-0.3, -0.25) is 0 Å². The van der Waals surface area contributed by atoms with Crippen molar-refractivity contribution < 1.29 is 22.0 Å². The molecule has 0 aliphatic rings. The third-order valence-corrected chi connectivity index (χ3v) is 1.35. The Bertz CT molecular complexity index is 129. The lowest BCUT2D eigenvalue weighted by molar-refractivity contribution is -0.290. The molecule has 6 heteroatoms. The summed E-state index contributed by atoms with van der Waals surface area (Å²) in [5, 5.41) is 1.84. The van der Waals surface area contributed by atoms with Crippen LogP contribution in [-0.2, 0) is 0 Å². The predicted octanol–water partition coefficient (Wildman–Crippen LogP) is 1.79. The molecule has 0 heterocycles. The minimum absolute atomic E-state index is 0.771. The summed E-state index contributed by atoms with van der Waals surface area (Å²) in [4.78, 5) is 0. The van der Waals surface area contributed by atoms with Gasteiger partial charge >= 0.3 is 12.1 Å². The van der Waals surface area contributed by atoms with E-state index < -0.39 is 18.1 Å². The summed E-state index contributed by atoms with van der Waals surface area (Å²) in [7, 11) is 1.05. The smallest absolute Gasteiger partial charge is 0.312 e. The van der Waals surface area contributed by atoms with Crippen molar-refractivity contribution in [3.63, 3.8) is 0 Å². The second kappa shape index (κ2) is 2.92. The molecular weight excluding hydrogens is 169 g/mol. The minimum atomic E-state index is -5.48. The summed E-state index contributed by atoms with van der Waals surface area (Å²) in [5.74, 6) is -4.66. The number of halogens is 5. The van der Waals surface area contributed by atoms with E-state index in [0.717, 1.165) is 14.0 Å². The van der Waals surface area contributed by atoms with E-state index in [1.807, 2.05) is 5.32 Å². The van der Waals surface area contributed by atoms with Crippen molar-refractivity contribution in [2.75, 3.05) is 7.05 Å². The third-order valence-electron chi connectivity index (χ3n) is 1.35. The molecule has 0 aromatic carbocycles. The highest BCUT2D eigenvalue weighted by atomic mass is 19.4. The zero-order chi connectivity index (χ0) is 9.28. The summed E-state index contributed by atoms with van der Waals surface area (Å²) in [6.45, 7) is 0.771. The average Bonchev–Trinajstić information content (AvgIpc) is 1.83. The van der Waals surface area contributed by atoms with Crippen molar-refractivity contribution in [3.8, 4) is 0 Å². The SMILES string of the molecule is CNC(C)C(F)(F)C(F)(F)F. The first-order chi connectivity index (χ1) is 4.73. The van der Waals surface area contributed by atoms with E-state index in [1.54, 1.807) is 0 Å². The van der Waals surface area contributed by atoms with Gasteiger partial charge in [0.25, 0.3) is 0 Å². The number of alkyl halides is 5. The molecule has 1 atom stereocenters. The first-order valence-electron chi connectivity index (χ1n) is 2.85. The van der Waals surface area contributed by atoms with Crippen molar-refractivity contribution in [2.24, 2.45) is 0 Å². The molecule has 11 heavy (non-hydrogen) atoms. The molecular formula is C5H8F5N. The fourth-order valence-electron chi connectivity index (χ4n) is 0.427. The summed E-state index contributed by atoms with van der Waals surface area (Å²) < 4.78 is 58.7. The van der Waals surface area contributed by atoms with Gasteiger partial charge in [-0.05, 0) is 14.0 Å². The van der Waals surface area contributed by atoms with Gasteiger partial charge < -0.3 is 5.32 Å². The highest BCUT2D eigenvalue weighted by molar-refractivity contribution is 4.85. The summed E-state index contributed by atoms with van der Waals surface area (Å²) in [5.41, 5.74) is 0. The van der Waals surface area contributed by atoms with Crippen LogP contribution < -0.4 is 5.32 Å². The molecule has 0 spiro atoms. The monoisotopic (exact) mass is 177 g/mol. The predicted molar refractivity (Wildman–Crippen MR) is 29.5 cm³/mol. The molecule has 0 aliphatic heterocycles. The molecule has 0 radical (unpaired) electrons. The van der Waals surface area contributed by atoms with Crippen LogP contribution >= 0.6 is 0 Å². The maximum Gasteiger partial charge on any atom is 0.454 e. The van der Waals surface area contributed by atoms with Crippen LogP contribution in [0.1, 0.15) is 6.92 Å². The van der Waals surface area contributed by atoms with Crippen molar-refractivity contribution in [2.45, 2.75) is 25.1 Å². The van der Waals surface area contributed by atoms with Crippen LogP contribution in [0.2, 0.25) is 0 Å². The Labute approximate surface area is 60.6 Å². The zero-order valence-corrected chi connectivity index (χ0v) is 5.97. The second-order valence-electron chi connectivity index (χ2n) is 2.13. The maximum absolute atomic E-state index is 12.1. The van der Waals surface area contributed by atoms with Gasteiger partial charge in [0.15, 0.2) is 0 Å². The van der Waals surface area contributed by atoms with Crippen LogP contribution in [0.25, 0.3) is 0 Å². The largest absolute Gasteiger partial charge is 0.454 e. The molecule has 1 unspecified atom stereocenters. The Morgan fingerprint density at radius 3 is 1.55 bits per heavy atom. The molecule has 0 saturated heterocycles. The molecule has 0 amide bonds.